The molecule has 3 aliphatic carbocycles. The monoisotopic (exact) mass is 547 g/mol. The van der Waals surface area contributed by atoms with E-state index in [1.807, 2.05) is 12.1 Å². The molecule has 0 unspecified atom stereocenters. The Kier molecular flexibility index (Phi) is 5.24. The van der Waals surface area contributed by atoms with Crippen LogP contribution in [-0.4, -0.2) is 86.5 Å². The van der Waals surface area contributed by atoms with Crippen LogP contribution in [0.2, 0.25) is 10.2 Å². The standard InChI is InChI=1S/C25H28Cl2FN7O2/c1-23(14-37-10-20(23)36)34-4-2-33(3-5-34)19-7-17-15(6-16(19)26)8-29-22(31-17)32-18-9-30-35(21(18)27)25-11-24(28,12-25)13-25/h6-9,20,36H,2-5,10-14H2,1H3,(H,29,31,32)/t20-,23+,24?,25?/m0/s1. The van der Waals surface area contributed by atoms with Crippen molar-refractivity contribution in [2.45, 2.75) is 49.0 Å². The third-order valence-corrected chi connectivity index (χ3v) is 9.39. The van der Waals surface area contributed by atoms with Crippen molar-refractivity contribution >= 4 is 51.4 Å². The molecule has 196 valence electrons. The summed E-state index contributed by atoms with van der Waals surface area (Å²) in [5.74, 6) is 0.398. The highest BCUT2D eigenvalue weighted by atomic mass is 35.5. The van der Waals surface area contributed by atoms with E-state index in [0.29, 0.717) is 54.3 Å². The molecule has 9 nitrogen and oxygen atoms in total. The first kappa shape index (κ1) is 23.8. The molecule has 4 heterocycles. The molecular weight excluding hydrogens is 520 g/mol. The van der Waals surface area contributed by atoms with E-state index in [-0.39, 0.29) is 11.1 Å². The maximum absolute atomic E-state index is 14.0. The van der Waals surface area contributed by atoms with Gasteiger partial charge in [-0.25, -0.2) is 19.0 Å². The van der Waals surface area contributed by atoms with E-state index in [1.54, 1.807) is 17.1 Å². The fourth-order valence-corrected chi connectivity index (χ4v) is 7.07. The number of aliphatic hydroxyl groups is 1. The number of nitrogens with zero attached hydrogens (tertiary/aromatic N) is 6. The van der Waals surface area contributed by atoms with Crippen LogP contribution in [0.25, 0.3) is 10.9 Å². The minimum Gasteiger partial charge on any atom is -0.389 e. The van der Waals surface area contributed by atoms with Gasteiger partial charge in [-0.15, -0.1) is 0 Å². The van der Waals surface area contributed by atoms with Crippen LogP contribution in [0.15, 0.2) is 24.5 Å². The molecule has 2 N–H and O–H groups in total. The van der Waals surface area contributed by atoms with Crippen LogP contribution >= 0.6 is 23.2 Å². The second-order valence-electron chi connectivity index (χ2n) is 11.2. The van der Waals surface area contributed by atoms with Crippen LogP contribution in [0.4, 0.5) is 21.7 Å². The Morgan fingerprint density at radius 3 is 2.57 bits per heavy atom. The molecule has 12 heteroatoms. The highest BCUT2D eigenvalue weighted by molar-refractivity contribution is 6.34. The largest absolute Gasteiger partial charge is 0.389 e. The van der Waals surface area contributed by atoms with Crippen LogP contribution in [0.1, 0.15) is 26.2 Å². The molecule has 2 bridgehead atoms. The molecule has 3 saturated carbocycles. The van der Waals surface area contributed by atoms with E-state index in [2.05, 4.69) is 32.1 Å². The molecule has 0 radical (unpaired) electrons. The van der Waals surface area contributed by atoms with Crippen LogP contribution in [-0.2, 0) is 10.3 Å². The lowest BCUT2D eigenvalue weighted by Crippen LogP contribution is -2.70. The number of rotatable bonds is 5. The second kappa shape index (κ2) is 8.13. The summed E-state index contributed by atoms with van der Waals surface area (Å²) in [4.78, 5) is 13.7. The van der Waals surface area contributed by atoms with Crippen molar-refractivity contribution < 1.29 is 14.2 Å². The molecule has 2 atom stereocenters. The summed E-state index contributed by atoms with van der Waals surface area (Å²) in [6.45, 7) is 6.15. The maximum Gasteiger partial charge on any atom is 0.227 e. The summed E-state index contributed by atoms with van der Waals surface area (Å²) in [5.41, 5.74) is 0.602. The van der Waals surface area contributed by atoms with Crippen LogP contribution in [0, 0.1) is 0 Å². The second-order valence-corrected chi connectivity index (χ2v) is 12.0. The van der Waals surface area contributed by atoms with Crippen molar-refractivity contribution in [3.8, 4) is 0 Å². The first-order valence-corrected chi connectivity index (χ1v) is 13.4. The molecule has 37 heavy (non-hydrogen) atoms. The van der Waals surface area contributed by atoms with Crippen LogP contribution in [0.3, 0.4) is 0 Å². The number of hydrogen-bond donors (Lipinski definition) is 2. The Morgan fingerprint density at radius 2 is 1.89 bits per heavy atom. The van der Waals surface area contributed by atoms with Gasteiger partial charge < -0.3 is 20.1 Å². The van der Waals surface area contributed by atoms with Gasteiger partial charge in [0.15, 0.2) is 5.15 Å². The van der Waals surface area contributed by atoms with E-state index in [9.17, 15) is 9.50 Å². The zero-order valence-corrected chi connectivity index (χ0v) is 21.9. The number of anilines is 3. The predicted molar refractivity (Wildman–Crippen MR) is 140 cm³/mol. The summed E-state index contributed by atoms with van der Waals surface area (Å²) >= 11 is 13.3. The molecular formula is C25H28Cl2FN7O2. The Labute approximate surface area is 223 Å². The predicted octanol–water partition coefficient (Wildman–Crippen LogP) is 3.75. The van der Waals surface area contributed by atoms with Gasteiger partial charge in [-0.05, 0) is 19.1 Å². The van der Waals surface area contributed by atoms with E-state index < -0.39 is 11.8 Å². The molecule has 2 aliphatic heterocycles. The van der Waals surface area contributed by atoms with Gasteiger partial charge in [0.2, 0.25) is 5.95 Å². The Balaban J connectivity index is 1.09. The lowest BCUT2D eigenvalue weighted by atomic mass is 9.47. The SMILES string of the molecule is C[C@@]1(N2CCN(c3cc4nc(Nc5cnn(C67CC(F)(C6)C7)c5Cl)ncc4cc3Cl)CC2)COC[C@@H]1O. The molecule has 2 aromatic heterocycles. The summed E-state index contributed by atoms with van der Waals surface area (Å²) in [5, 5.41) is 19.9. The molecule has 8 rings (SSSR count). The third kappa shape index (κ3) is 3.64. The van der Waals surface area contributed by atoms with Gasteiger partial charge in [-0.1, -0.05) is 23.2 Å². The van der Waals surface area contributed by atoms with E-state index >= 15 is 0 Å². The number of halogens is 3. The molecule has 2 saturated heterocycles. The van der Waals surface area contributed by atoms with Gasteiger partial charge in [0.05, 0.1) is 58.5 Å². The minimum atomic E-state index is -1.03. The quantitative estimate of drug-likeness (QED) is 0.499. The van der Waals surface area contributed by atoms with Crippen LogP contribution < -0.4 is 10.2 Å². The van der Waals surface area contributed by atoms with Gasteiger partial charge >= 0.3 is 0 Å². The molecule has 1 aromatic carbocycles. The van der Waals surface area contributed by atoms with Crippen molar-refractivity contribution in [2.75, 3.05) is 49.6 Å². The van der Waals surface area contributed by atoms with Gasteiger partial charge in [0.1, 0.15) is 5.67 Å². The number of aromatic nitrogens is 4. The van der Waals surface area contributed by atoms with Gasteiger partial charge in [-0.2, -0.15) is 5.10 Å². The van der Waals surface area contributed by atoms with E-state index in [1.165, 1.54) is 0 Å². The minimum absolute atomic E-state index is 0.286. The normalized spacial score (nSPS) is 33.4. The summed E-state index contributed by atoms with van der Waals surface area (Å²) in [6, 6.07) is 3.88. The number of benzene rings is 1. The number of piperazine rings is 1. The Bertz CT molecular complexity index is 1380. The summed E-state index contributed by atoms with van der Waals surface area (Å²) in [7, 11) is 0. The number of hydrogen-bond acceptors (Lipinski definition) is 8. The van der Waals surface area contributed by atoms with Crippen LogP contribution in [0.5, 0.6) is 0 Å². The summed E-state index contributed by atoms with van der Waals surface area (Å²) in [6.07, 6.45) is 4.30. The Morgan fingerprint density at radius 1 is 1.14 bits per heavy atom. The highest BCUT2D eigenvalue weighted by Crippen LogP contribution is 2.68. The van der Waals surface area contributed by atoms with Crippen molar-refractivity contribution in [1.82, 2.24) is 24.6 Å². The van der Waals surface area contributed by atoms with E-state index in [0.717, 1.165) is 42.8 Å². The first-order chi connectivity index (χ1) is 17.7. The number of ether oxygens (including phenoxy) is 1. The maximum atomic E-state index is 14.0. The highest BCUT2D eigenvalue weighted by Gasteiger charge is 2.71. The van der Waals surface area contributed by atoms with Gasteiger partial charge in [0.25, 0.3) is 0 Å². The lowest BCUT2D eigenvalue weighted by Gasteiger charge is -2.65. The van der Waals surface area contributed by atoms with Gasteiger partial charge in [0, 0.05) is 57.0 Å². The fraction of sp³-hybridized carbons (Fsp3) is 0.560. The third-order valence-electron chi connectivity index (χ3n) is 8.72. The number of alkyl halides is 1. The number of fused-ring (bicyclic) bond motifs is 1. The molecule has 3 aromatic rings. The van der Waals surface area contributed by atoms with Crippen molar-refractivity contribution in [3.05, 3.63) is 34.7 Å². The number of nitrogens with one attached hydrogen (secondary N) is 1. The first-order valence-electron chi connectivity index (χ1n) is 12.6. The molecule has 5 fully saturated rings. The average Bonchev–Trinajstić information content (AvgIpc) is 3.38. The van der Waals surface area contributed by atoms with Crippen molar-refractivity contribution in [2.24, 2.45) is 0 Å². The zero-order valence-electron chi connectivity index (χ0n) is 20.4. The zero-order chi connectivity index (χ0) is 25.6. The van der Waals surface area contributed by atoms with Gasteiger partial charge in [-0.3, -0.25) is 4.90 Å². The Hall–Kier alpha value is -2.24. The summed E-state index contributed by atoms with van der Waals surface area (Å²) < 4.78 is 21.3. The smallest absolute Gasteiger partial charge is 0.227 e. The lowest BCUT2D eigenvalue weighted by molar-refractivity contribution is -0.203. The topological polar surface area (TPSA) is 91.6 Å². The number of aliphatic hydroxyl groups excluding tert-OH is 1. The molecule has 0 spiro atoms. The van der Waals surface area contributed by atoms with E-state index in [4.69, 9.17) is 32.9 Å². The van der Waals surface area contributed by atoms with Crippen molar-refractivity contribution in [1.29, 1.82) is 0 Å². The molecule has 5 aliphatic rings. The van der Waals surface area contributed by atoms with Crippen molar-refractivity contribution in [3.63, 3.8) is 0 Å². The fourth-order valence-electron chi connectivity index (χ4n) is 6.46. The average molecular weight is 548 g/mol. The molecule has 0 amide bonds.